The topological polar surface area (TPSA) is 20.2 Å². The van der Waals surface area contributed by atoms with E-state index in [9.17, 15) is 5.11 Å². The highest BCUT2D eigenvalue weighted by Gasteiger charge is 2.10. The van der Waals surface area contributed by atoms with Gasteiger partial charge in [-0.25, -0.2) is 0 Å². The molecular weight excluding hydrogens is 304 g/mol. The van der Waals surface area contributed by atoms with Crippen LogP contribution in [0.15, 0.2) is 72.8 Å². The molecule has 0 unspecified atom stereocenters. The Morgan fingerprint density at radius 1 is 0.920 bits per heavy atom. The van der Waals surface area contributed by atoms with Crippen LogP contribution in [0, 0.1) is 6.92 Å². The SMILES string of the molecule is CCCc1ccccc1/C(=C/c1cccc(O)c1)c1cccc(C)c1. The predicted octanol–water partition coefficient (Wildman–Crippen LogP) is 6.24. The molecule has 3 aromatic rings. The van der Waals surface area contributed by atoms with Gasteiger partial charge < -0.3 is 5.11 Å². The van der Waals surface area contributed by atoms with E-state index in [4.69, 9.17) is 0 Å². The molecule has 0 radical (unpaired) electrons. The first-order valence-corrected chi connectivity index (χ1v) is 8.83. The summed E-state index contributed by atoms with van der Waals surface area (Å²) < 4.78 is 0. The third-order valence-electron chi connectivity index (χ3n) is 4.34. The molecule has 0 saturated carbocycles. The van der Waals surface area contributed by atoms with Gasteiger partial charge in [0.1, 0.15) is 5.75 Å². The van der Waals surface area contributed by atoms with E-state index in [-0.39, 0.29) is 0 Å². The van der Waals surface area contributed by atoms with Crippen LogP contribution in [-0.4, -0.2) is 5.11 Å². The maximum absolute atomic E-state index is 9.82. The molecular formula is C24H24O. The van der Waals surface area contributed by atoms with Gasteiger partial charge in [-0.05, 0) is 59.4 Å². The number of aromatic hydroxyl groups is 1. The van der Waals surface area contributed by atoms with Crippen molar-refractivity contribution in [3.63, 3.8) is 0 Å². The lowest BCUT2D eigenvalue weighted by molar-refractivity contribution is 0.475. The quantitative estimate of drug-likeness (QED) is 0.549. The number of phenolic OH excluding ortho intramolecular Hbond substituents is 1. The van der Waals surface area contributed by atoms with Crippen molar-refractivity contribution in [2.45, 2.75) is 26.7 Å². The molecule has 0 aliphatic carbocycles. The Labute approximate surface area is 150 Å². The number of hydrogen-bond acceptors (Lipinski definition) is 1. The Hall–Kier alpha value is -2.80. The van der Waals surface area contributed by atoms with Gasteiger partial charge in [0.25, 0.3) is 0 Å². The number of phenols is 1. The van der Waals surface area contributed by atoms with Gasteiger partial charge in [-0.1, -0.05) is 79.6 Å². The van der Waals surface area contributed by atoms with Gasteiger partial charge in [-0.2, -0.15) is 0 Å². The Kier molecular flexibility index (Phi) is 5.35. The third kappa shape index (κ3) is 4.19. The largest absolute Gasteiger partial charge is 0.508 e. The zero-order valence-electron chi connectivity index (χ0n) is 14.9. The first-order valence-electron chi connectivity index (χ1n) is 8.83. The summed E-state index contributed by atoms with van der Waals surface area (Å²) in [5.41, 5.74) is 7.26. The van der Waals surface area contributed by atoms with E-state index in [0.29, 0.717) is 5.75 Å². The van der Waals surface area contributed by atoms with Crippen molar-refractivity contribution in [1.29, 1.82) is 0 Å². The Bertz CT molecular complexity index is 890. The summed E-state index contributed by atoms with van der Waals surface area (Å²) in [6.07, 6.45) is 4.34. The van der Waals surface area contributed by atoms with Crippen molar-refractivity contribution in [3.05, 3.63) is 101 Å². The van der Waals surface area contributed by atoms with Gasteiger partial charge in [-0.3, -0.25) is 0 Å². The maximum atomic E-state index is 9.82. The summed E-state index contributed by atoms with van der Waals surface area (Å²) in [6, 6.07) is 24.6. The highest BCUT2D eigenvalue weighted by Crippen LogP contribution is 2.30. The Morgan fingerprint density at radius 2 is 1.72 bits per heavy atom. The van der Waals surface area contributed by atoms with Crippen LogP contribution in [0.1, 0.15) is 41.2 Å². The molecule has 0 fully saturated rings. The molecule has 0 amide bonds. The zero-order valence-corrected chi connectivity index (χ0v) is 14.9. The first-order chi connectivity index (χ1) is 12.2. The molecule has 1 heteroatoms. The highest BCUT2D eigenvalue weighted by atomic mass is 16.3. The molecule has 1 nitrogen and oxygen atoms in total. The fourth-order valence-corrected chi connectivity index (χ4v) is 3.18. The summed E-state index contributed by atoms with van der Waals surface area (Å²) in [7, 11) is 0. The van der Waals surface area contributed by atoms with Gasteiger partial charge >= 0.3 is 0 Å². The van der Waals surface area contributed by atoms with Crippen LogP contribution in [0.3, 0.4) is 0 Å². The van der Waals surface area contributed by atoms with Crippen molar-refractivity contribution < 1.29 is 5.11 Å². The summed E-state index contributed by atoms with van der Waals surface area (Å²) in [6.45, 7) is 4.33. The highest BCUT2D eigenvalue weighted by molar-refractivity contribution is 5.92. The Balaban J connectivity index is 2.19. The molecule has 0 aliphatic heterocycles. The average Bonchev–Trinajstić information content (AvgIpc) is 2.61. The summed E-state index contributed by atoms with van der Waals surface area (Å²) in [5, 5.41) is 9.82. The molecule has 126 valence electrons. The number of rotatable bonds is 5. The fourth-order valence-electron chi connectivity index (χ4n) is 3.18. The van der Waals surface area contributed by atoms with Crippen LogP contribution in [0.2, 0.25) is 0 Å². The standard InChI is InChI=1S/C24H24O/c1-3-8-20-11-4-5-14-23(20)24(21-12-6-9-18(2)15-21)17-19-10-7-13-22(25)16-19/h4-7,9-17,25H,3,8H2,1-2H3/b24-17+. The maximum Gasteiger partial charge on any atom is 0.116 e. The van der Waals surface area contributed by atoms with E-state index in [1.54, 1.807) is 12.1 Å². The van der Waals surface area contributed by atoms with Crippen LogP contribution in [-0.2, 0) is 6.42 Å². The second-order valence-electron chi connectivity index (χ2n) is 6.43. The van der Waals surface area contributed by atoms with Crippen LogP contribution in [0.5, 0.6) is 5.75 Å². The van der Waals surface area contributed by atoms with E-state index in [0.717, 1.165) is 18.4 Å². The van der Waals surface area contributed by atoms with Gasteiger partial charge in [0.05, 0.1) is 0 Å². The zero-order chi connectivity index (χ0) is 17.6. The third-order valence-corrected chi connectivity index (χ3v) is 4.34. The molecule has 0 saturated heterocycles. The van der Waals surface area contributed by atoms with Crippen molar-refractivity contribution >= 4 is 11.6 Å². The lowest BCUT2D eigenvalue weighted by atomic mass is 9.90. The predicted molar refractivity (Wildman–Crippen MR) is 107 cm³/mol. The van der Waals surface area contributed by atoms with Crippen molar-refractivity contribution in [3.8, 4) is 5.75 Å². The monoisotopic (exact) mass is 328 g/mol. The summed E-state index contributed by atoms with van der Waals surface area (Å²) >= 11 is 0. The summed E-state index contributed by atoms with van der Waals surface area (Å²) in [5.74, 6) is 0.291. The number of benzene rings is 3. The second kappa shape index (κ2) is 7.85. The minimum atomic E-state index is 0.291. The van der Waals surface area contributed by atoms with E-state index >= 15 is 0 Å². The van der Waals surface area contributed by atoms with Gasteiger partial charge in [0.15, 0.2) is 0 Å². The minimum Gasteiger partial charge on any atom is -0.508 e. The minimum absolute atomic E-state index is 0.291. The van der Waals surface area contributed by atoms with E-state index < -0.39 is 0 Å². The van der Waals surface area contributed by atoms with Gasteiger partial charge in [-0.15, -0.1) is 0 Å². The number of aryl methyl sites for hydroxylation is 2. The molecule has 0 heterocycles. The molecule has 3 aromatic carbocycles. The molecule has 25 heavy (non-hydrogen) atoms. The molecule has 0 aromatic heterocycles. The normalized spacial score (nSPS) is 11.5. The van der Waals surface area contributed by atoms with Crippen LogP contribution in [0.25, 0.3) is 11.6 Å². The van der Waals surface area contributed by atoms with E-state index in [1.165, 1.54) is 27.8 Å². The molecule has 0 bridgehead atoms. The first kappa shape index (κ1) is 17.0. The lowest BCUT2D eigenvalue weighted by Gasteiger charge is -2.14. The summed E-state index contributed by atoms with van der Waals surface area (Å²) in [4.78, 5) is 0. The molecule has 0 atom stereocenters. The van der Waals surface area contributed by atoms with Crippen LogP contribution < -0.4 is 0 Å². The van der Waals surface area contributed by atoms with Gasteiger partial charge in [0, 0.05) is 0 Å². The van der Waals surface area contributed by atoms with Crippen molar-refractivity contribution in [2.75, 3.05) is 0 Å². The van der Waals surface area contributed by atoms with Crippen molar-refractivity contribution in [1.82, 2.24) is 0 Å². The molecule has 0 aliphatic rings. The van der Waals surface area contributed by atoms with E-state index in [1.807, 2.05) is 12.1 Å². The molecule has 1 N–H and O–H groups in total. The second-order valence-corrected chi connectivity index (χ2v) is 6.43. The van der Waals surface area contributed by atoms with Gasteiger partial charge in [0.2, 0.25) is 0 Å². The lowest BCUT2D eigenvalue weighted by Crippen LogP contribution is -1.96. The smallest absolute Gasteiger partial charge is 0.116 e. The van der Waals surface area contributed by atoms with Crippen LogP contribution >= 0.6 is 0 Å². The van der Waals surface area contributed by atoms with Crippen molar-refractivity contribution in [2.24, 2.45) is 0 Å². The fraction of sp³-hybridized carbons (Fsp3) is 0.167. The van der Waals surface area contributed by atoms with Crippen LogP contribution in [0.4, 0.5) is 0 Å². The Morgan fingerprint density at radius 3 is 2.48 bits per heavy atom. The molecule has 3 rings (SSSR count). The molecule has 0 spiro atoms. The van der Waals surface area contributed by atoms with E-state index in [2.05, 4.69) is 68.5 Å². The number of hydrogen-bond donors (Lipinski definition) is 1. The average molecular weight is 328 g/mol.